The number of nitrogen functional groups attached to an aromatic ring is 1. The van der Waals surface area contributed by atoms with E-state index in [1.807, 2.05) is 12.1 Å². The zero-order valence-corrected chi connectivity index (χ0v) is 14.0. The summed E-state index contributed by atoms with van der Waals surface area (Å²) < 4.78 is 1.09. The van der Waals surface area contributed by atoms with Crippen LogP contribution in [0.15, 0.2) is 33.6 Å². The van der Waals surface area contributed by atoms with Gasteiger partial charge in [0, 0.05) is 20.6 Å². The number of aryl methyl sites for hydroxylation is 1. The van der Waals surface area contributed by atoms with E-state index < -0.39 is 0 Å². The van der Waals surface area contributed by atoms with Crippen LogP contribution in [0.1, 0.15) is 29.9 Å². The molecule has 0 atom stereocenters. The third kappa shape index (κ3) is 3.56. The molecule has 0 saturated carbocycles. The maximum absolute atomic E-state index is 5.61. The Kier molecular flexibility index (Phi) is 4.77. The SMILES string of the molecule is NNc1nc(CSc2ccc(Br)cc2)nc2c1CCCC2. The average Bonchev–Trinajstić information content (AvgIpc) is 2.53. The van der Waals surface area contributed by atoms with E-state index in [2.05, 4.69) is 38.5 Å². The fourth-order valence-corrected chi connectivity index (χ4v) is 3.53. The van der Waals surface area contributed by atoms with Gasteiger partial charge in [0.15, 0.2) is 0 Å². The Labute approximate surface area is 137 Å². The van der Waals surface area contributed by atoms with Crippen LogP contribution in [0.2, 0.25) is 0 Å². The first-order chi connectivity index (χ1) is 10.3. The lowest BCUT2D eigenvalue weighted by molar-refractivity contribution is 0.659. The van der Waals surface area contributed by atoms with Crippen molar-refractivity contribution in [1.29, 1.82) is 0 Å². The standard InChI is InChI=1S/C15H17BrN4S/c16-10-5-7-11(8-6-10)21-9-14-18-13-4-2-1-3-12(13)15(19-14)20-17/h5-8H,1-4,9,17H2,(H,18,19,20). The normalized spacial score (nSPS) is 13.8. The highest BCUT2D eigenvalue weighted by molar-refractivity contribution is 9.10. The first kappa shape index (κ1) is 14.8. The fourth-order valence-electron chi connectivity index (χ4n) is 2.51. The molecule has 1 aliphatic carbocycles. The summed E-state index contributed by atoms with van der Waals surface area (Å²) in [6.07, 6.45) is 4.45. The van der Waals surface area contributed by atoms with Crippen LogP contribution in [0.5, 0.6) is 0 Å². The van der Waals surface area contributed by atoms with Crippen molar-refractivity contribution >= 4 is 33.5 Å². The number of rotatable bonds is 4. The fraction of sp³-hybridized carbons (Fsp3) is 0.333. The Morgan fingerprint density at radius 1 is 1.14 bits per heavy atom. The number of nitrogens with two attached hydrogens (primary N) is 1. The monoisotopic (exact) mass is 364 g/mol. The lowest BCUT2D eigenvalue weighted by atomic mass is 9.96. The molecule has 21 heavy (non-hydrogen) atoms. The number of hydrazine groups is 1. The van der Waals surface area contributed by atoms with Crippen molar-refractivity contribution in [2.45, 2.75) is 36.3 Å². The summed E-state index contributed by atoms with van der Waals surface area (Å²) in [6.45, 7) is 0. The number of anilines is 1. The van der Waals surface area contributed by atoms with Crippen LogP contribution in [0.25, 0.3) is 0 Å². The molecule has 0 spiro atoms. The first-order valence-corrected chi connectivity index (χ1v) is 8.78. The molecule has 0 fully saturated rings. The van der Waals surface area contributed by atoms with Gasteiger partial charge in [0.05, 0.1) is 5.75 Å². The van der Waals surface area contributed by atoms with E-state index in [4.69, 9.17) is 10.8 Å². The number of halogens is 1. The number of nitrogens with zero attached hydrogens (tertiary/aromatic N) is 2. The Morgan fingerprint density at radius 2 is 1.90 bits per heavy atom. The molecule has 0 bridgehead atoms. The molecule has 1 heterocycles. The van der Waals surface area contributed by atoms with Gasteiger partial charge in [-0.05, 0) is 49.9 Å². The zero-order chi connectivity index (χ0) is 14.7. The molecule has 0 radical (unpaired) electrons. The van der Waals surface area contributed by atoms with Crippen molar-refractivity contribution in [3.63, 3.8) is 0 Å². The Bertz CT molecular complexity index is 613. The highest BCUT2D eigenvalue weighted by atomic mass is 79.9. The molecule has 1 aromatic carbocycles. The second-order valence-electron chi connectivity index (χ2n) is 5.01. The minimum absolute atomic E-state index is 0.754. The lowest BCUT2D eigenvalue weighted by Gasteiger charge is -2.18. The van der Waals surface area contributed by atoms with Gasteiger partial charge in [-0.2, -0.15) is 0 Å². The Hall–Kier alpha value is -1.11. The number of hydrogen-bond acceptors (Lipinski definition) is 5. The van der Waals surface area contributed by atoms with Crippen LogP contribution in [-0.2, 0) is 18.6 Å². The van der Waals surface area contributed by atoms with Gasteiger partial charge in [-0.3, -0.25) is 0 Å². The van der Waals surface area contributed by atoms with E-state index >= 15 is 0 Å². The molecule has 0 aliphatic heterocycles. The molecule has 3 N–H and O–H groups in total. The topological polar surface area (TPSA) is 63.8 Å². The van der Waals surface area contributed by atoms with Gasteiger partial charge in [0.2, 0.25) is 0 Å². The molecule has 4 nitrogen and oxygen atoms in total. The van der Waals surface area contributed by atoms with Gasteiger partial charge in [-0.25, -0.2) is 15.8 Å². The van der Waals surface area contributed by atoms with Crippen LogP contribution in [-0.4, -0.2) is 9.97 Å². The molecule has 0 amide bonds. The highest BCUT2D eigenvalue weighted by Gasteiger charge is 2.17. The molecule has 0 saturated heterocycles. The van der Waals surface area contributed by atoms with Gasteiger partial charge in [0.25, 0.3) is 0 Å². The molecule has 6 heteroatoms. The number of benzene rings is 1. The van der Waals surface area contributed by atoms with E-state index in [1.165, 1.54) is 23.3 Å². The highest BCUT2D eigenvalue weighted by Crippen LogP contribution is 2.28. The number of nitrogens with one attached hydrogen (secondary N) is 1. The van der Waals surface area contributed by atoms with Crippen molar-refractivity contribution in [3.8, 4) is 0 Å². The quantitative estimate of drug-likeness (QED) is 0.492. The molecule has 1 aromatic heterocycles. The first-order valence-electron chi connectivity index (χ1n) is 7.00. The summed E-state index contributed by atoms with van der Waals surface area (Å²) in [7, 11) is 0. The predicted molar refractivity (Wildman–Crippen MR) is 90.2 cm³/mol. The van der Waals surface area contributed by atoms with Crippen LogP contribution < -0.4 is 11.3 Å². The smallest absolute Gasteiger partial charge is 0.147 e. The van der Waals surface area contributed by atoms with Gasteiger partial charge >= 0.3 is 0 Å². The van der Waals surface area contributed by atoms with E-state index in [1.54, 1.807) is 11.8 Å². The summed E-state index contributed by atoms with van der Waals surface area (Å²) in [5, 5.41) is 0. The van der Waals surface area contributed by atoms with Crippen molar-refractivity contribution in [2.24, 2.45) is 5.84 Å². The van der Waals surface area contributed by atoms with E-state index in [0.29, 0.717) is 0 Å². The largest absolute Gasteiger partial charge is 0.308 e. The lowest BCUT2D eigenvalue weighted by Crippen LogP contribution is -2.17. The third-order valence-electron chi connectivity index (χ3n) is 3.55. The summed E-state index contributed by atoms with van der Waals surface area (Å²) in [5.41, 5.74) is 5.09. The van der Waals surface area contributed by atoms with Crippen molar-refractivity contribution in [2.75, 3.05) is 5.43 Å². The molecular formula is C15H17BrN4S. The van der Waals surface area contributed by atoms with Crippen molar-refractivity contribution in [1.82, 2.24) is 9.97 Å². The number of fused-ring (bicyclic) bond motifs is 1. The van der Waals surface area contributed by atoms with Crippen LogP contribution in [0.3, 0.4) is 0 Å². The summed E-state index contributed by atoms with van der Waals surface area (Å²) in [5.74, 6) is 8.01. The minimum Gasteiger partial charge on any atom is -0.308 e. The second kappa shape index (κ2) is 6.77. The summed E-state index contributed by atoms with van der Waals surface area (Å²) in [4.78, 5) is 10.5. The number of aromatic nitrogens is 2. The summed E-state index contributed by atoms with van der Waals surface area (Å²) >= 11 is 5.18. The zero-order valence-electron chi connectivity index (χ0n) is 11.6. The van der Waals surface area contributed by atoms with Crippen molar-refractivity contribution < 1.29 is 0 Å². The van der Waals surface area contributed by atoms with Crippen LogP contribution in [0, 0.1) is 0 Å². The van der Waals surface area contributed by atoms with Crippen LogP contribution >= 0.6 is 27.7 Å². The van der Waals surface area contributed by atoms with E-state index in [0.717, 1.165) is 40.4 Å². The summed E-state index contributed by atoms with van der Waals surface area (Å²) in [6, 6.07) is 8.27. The van der Waals surface area contributed by atoms with Gasteiger partial charge in [-0.1, -0.05) is 15.9 Å². The van der Waals surface area contributed by atoms with Gasteiger partial charge in [-0.15, -0.1) is 11.8 Å². The maximum Gasteiger partial charge on any atom is 0.147 e. The maximum atomic E-state index is 5.61. The Balaban J connectivity index is 1.77. The number of thioether (sulfide) groups is 1. The third-order valence-corrected chi connectivity index (χ3v) is 5.08. The average molecular weight is 365 g/mol. The minimum atomic E-state index is 0.754. The van der Waals surface area contributed by atoms with E-state index in [9.17, 15) is 0 Å². The predicted octanol–water partition coefficient (Wildman–Crippen LogP) is 3.70. The molecule has 2 aromatic rings. The Morgan fingerprint density at radius 3 is 2.67 bits per heavy atom. The van der Waals surface area contributed by atoms with Crippen molar-refractivity contribution in [3.05, 3.63) is 45.8 Å². The van der Waals surface area contributed by atoms with Gasteiger partial charge in [0.1, 0.15) is 11.6 Å². The van der Waals surface area contributed by atoms with E-state index in [-0.39, 0.29) is 0 Å². The molecule has 0 unspecified atom stereocenters. The molecular weight excluding hydrogens is 348 g/mol. The molecule has 1 aliphatic rings. The van der Waals surface area contributed by atoms with Gasteiger partial charge < -0.3 is 5.43 Å². The van der Waals surface area contributed by atoms with Crippen LogP contribution in [0.4, 0.5) is 5.82 Å². The molecule has 3 rings (SSSR count). The second-order valence-corrected chi connectivity index (χ2v) is 6.97. The molecule has 110 valence electrons. The number of hydrogen-bond donors (Lipinski definition) is 2.